The van der Waals surface area contributed by atoms with Crippen molar-refractivity contribution in [2.75, 3.05) is 12.9 Å². The van der Waals surface area contributed by atoms with Crippen molar-refractivity contribution in [1.82, 2.24) is 0 Å². The van der Waals surface area contributed by atoms with E-state index in [1.165, 1.54) is 20.8 Å². The van der Waals surface area contributed by atoms with Gasteiger partial charge in [-0.3, -0.25) is 0 Å². The van der Waals surface area contributed by atoms with Gasteiger partial charge < -0.3 is 0 Å². The van der Waals surface area contributed by atoms with E-state index >= 15 is 0 Å². The zero-order valence-electron chi connectivity index (χ0n) is 16.7. The van der Waals surface area contributed by atoms with Crippen LogP contribution in [0.3, 0.4) is 0 Å². The molecule has 0 aromatic heterocycles. The van der Waals surface area contributed by atoms with Gasteiger partial charge in [-0.2, -0.15) is 0 Å². The average molecular weight is 403 g/mol. The summed E-state index contributed by atoms with van der Waals surface area (Å²) in [5.41, 5.74) is 0. The van der Waals surface area contributed by atoms with Crippen molar-refractivity contribution in [1.29, 1.82) is 0 Å². The Bertz CT molecular complexity index is 922. The fourth-order valence-electron chi connectivity index (χ4n) is 4.79. The van der Waals surface area contributed by atoms with Crippen LogP contribution in [0.25, 0.3) is 0 Å². The third kappa shape index (κ3) is 2.50. The molecule has 3 aromatic carbocycles. The quantitative estimate of drug-likeness (QED) is 0.492. The minimum absolute atomic E-state index is 0.103. The molecule has 0 bridgehead atoms. The molecule has 0 radical (unpaired) electrons. The first kappa shape index (κ1) is 19.2. The summed E-state index contributed by atoms with van der Waals surface area (Å²) in [4.78, 5) is 1.35. The van der Waals surface area contributed by atoms with Gasteiger partial charge >= 0.3 is 173 Å². The molecule has 0 amide bonds. The van der Waals surface area contributed by atoms with Gasteiger partial charge in [-0.25, -0.2) is 0 Å². The first-order chi connectivity index (χ1) is 13.5. The maximum atomic E-state index is 2.55. The molecule has 2 heteroatoms. The van der Waals surface area contributed by atoms with Crippen LogP contribution in [0.15, 0.2) is 114 Å². The summed E-state index contributed by atoms with van der Waals surface area (Å²) in [5, 5.41) is 4.18. The zero-order valence-corrected chi connectivity index (χ0v) is 18.5. The fraction of sp³-hybridized carbons (Fsp3) is 0.154. The van der Waals surface area contributed by atoms with Crippen molar-refractivity contribution in [2.45, 2.75) is 12.1 Å². The van der Waals surface area contributed by atoms with Crippen LogP contribution < -0.4 is 15.9 Å². The van der Waals surface area contributed by atoms with Gasteiger partial charge in [0.2, 0.25) is 0 Å². The Morgan fingerprint density at radius 1 is 0.679 bits per heavy atom. The summed E-state index contributed by atoms with van der Waals surface area (Å²) in [6.45, 7) is 2.11. The molecule has 142 valence electrons. The average Bonchev–Trinajstić information content (AvgIpc) is 3.18. The van der Waals surface area contributed by atoms with E-state index in [0.717, 1.165) is 0 Å². The van der Waals surface area contributed by atoms with Gasteiger partial charge in [-0.1, -0.05) is 0 Å². The summed E-state index contributed by atoms with van der Waals surface area (Å²) >= 11 is 1.83. The molecular weight excluding hydrogens is 375 g/mol. The number of hydrogen-bond donors (Lipinski definition) is 0. The van der Waals surface area contributed by atoms with E-state index in [2.05, 4.69) is 129 Å². The zero-order chi connectivity index (χ0) is 19.7. The summed E-state index contributed by atoms with van der Waals surface area (Å²) in [5.74, 6) is 0. The van der Waals surface area contributed by atoms with E-state index in [-0.39, 0.29) is 5.16 Å². The second-order valence-corrected chi connectivity index (χ2v) is 14.4. The first-order valence-corrected chi connectivity index (χ1v) is 13.6. The molecule has 4 rings (SSSR count). The Kier molecular flexibility index (Phi) is 4.86. The Morgan fingerprint density at radius 3 is 1.39 bits per heavy atom. The molecule has 1 unspecified atom stereocenters. The first-order valence-electron chi connectivity index (χ1n) is 9.67. The second kappa shape index (κ2) is 7.07. The fourth-order valence-corrected chi connectivity index (χ4v) is 11.7. The van der Waals surface area contributed by atoms with Crippen LogP contribution in [0.2, 0.25) is 0 Å². The summed E-state index contributed by atoms with van der Waals surface area (Å²) in [7, 11) is 0. The van der Waals surface area contributed by atoms with Crippen molar-refractivity contribution in [3.63, 3.8) is 0 Å². The van der Waals surface area contributed by atoms with Crippen molar-refractivity contribution in [3.8, 4) is 0 Å². The second-order valence-electron chi connectivity index (χ2n) is 7.88. The third-order valence-corrected chi connectivity index (χ3v) is 14.8. The van der Waals surface area contributed by atoms with Crippen LogP contribution >= 0.6 is 18.4 Å². The van der Waals surface area contributed by atoms with E-state index in [9.17, 15) is 0 Å². The normalized spacial score (nSPS) is 20.4. The minimum atomic E-state index is -2.87. The Hall–Kier alpha value is -2.08. The van der Waals surface area contributed by atoms with Crippen LogP contribution in [0, 0.1) is 0 Å². The van der Waals surface area contributed by atoms with Crippen LogP contribution in [-0.4, -0.2) is 18.1 Å². The number of allylic oxidation sites excluding steroid dienone is 3. The van der Waals surface area contributed by atoms with Crippen LogP contribution in [-0.2, 0) is 0 Å². The molecule has 1 atom stereocenters. The summed E-state index contributed by atoms with van der Waals surface area (Å²) in [6, 6.07) is 33.5. The molecule has 0 fully saturated rings. The van der Waals surface area contributed by atoms with E-state index in [0.29, 0.717) is 0 Å². The summed E-state index contributed by atoms with van der Waals surface area (Å²) in [6.07, 6.45) is 9.43. The predicted octanol–water partition coefficient (Wildman–Crippen LogP) is 5.72. The van der Waals surface area contributed by atoms with Gasteiger partial charge in [0.15, 0.2) is 0 Å². The molecule has 0 aliphatic heterocycles. The molecule has 1 aliphatic rings. The number of benzene rings is 3. The molecule has 0 spiro atoms. The summed E-state index contributed by atoms with van der Waals surface area (Å²) < 4.78 is 0. The maximum absolute atomic E-state index is 2.87. The van der Waals surface area contributed by atoms with E-state index in [4.69, 9.17) is 0 Å². The molecule has 28 heavy (non-hydrogen) atoms. The van der Waals surface area contributed by atoms with Crippen molar-refractivity contribution >= 4 is 34.3 Å². The van der Waals surface area contributed by atoms with Gasteiger partial charge in [0, 0.05) is 0 Å². The number of thioether (sulfide) groups is 1. The van der Waals surface area contributed by atoms with Gasteiger partial charge in [0.1, 0.15) is 0 Å². The third-order valence-electron chi connectivity index (χ3n) is 6.66. The SMILES string of the molecule is CSC1=CC(C)(P(C)(c2ccccc2)(c2ccccc2)c2ccccc2)C=C1. The van der Waals surface area contributed by atoms with Crippen molar-refractivity contribution in [2.24, 2.45) is 0 Å². The van der Waals surface area contributed by atoms with Crippen LogP contribution in [0.4, 0.5) is 0 Å². The van der Waals surface area contributed by atoms with Crippen LogP contribution in [0.1, 0.15) is 6.92 Å². The molecule has 0 nitrogen and oxygen atoms in total. The molecule has 1 aliphatic carbocycles. The number of hydrogen-bond acceptors (Lipinski definition) is 1. The van der Waals surface area contributed by atoms with Gasteiger partial charge in [-0.05, 0) is 0 Å². The van der Waals surface area contributed by atoms with E-state index in [1.54, 1.807) is 0 Å². The number of rotatable bonds is 5. The Morgan fingerprint density at radius 2 is 1.07 bits per heavy atom. The Labute approximate surface area is 173 Å². The van der Waals surface area contributed by atoms with Gasteiger partial charge in [-0.15, -0.1) is 0 Å². The Balaban J connectivity index is 2.21. The monoisotopic (exact) mass is 402 g/mol. The molecular formula is C26H27PS. The molecule has 0 N–H and O–H groups in total. The molecule has 0 saturated heterocycles. The van der Waals surface area contributed by atoms with E-state index < -0.39 is 6.60 Å². The van der Waals surface area contributed by atoms with E-state index in [1.807, 2.05) is 11.8 Å². The topological polar surface area (TPSA) is 0 Å². The molecule has 3 aromatic rings. The molecule has 0 saturated carbocycles. The van der Waals surface area contributed by atoms with Gasteiger partial charge in [0.25, 0.3) is 0 Å². The van der Waals surface area contributed by atoms with Crippen molar-refractivity contribution < 1.29 is 0 Å². The predicted molar refractivity (Wildman–Crippen MR) is 130 cm³/mol. The molecule has 0 heterocycles. The van der Waals surface area contributed by atoms with Crippen LogP contribution in [0.5, 0.6) is 0 Å². The standard InChI is InChI=1S/C26H27PS/c1-26(20-19-25(21-26)28-3)27(2,22-13-7-4-8-14-22,23-15-9-5-10-16-23)24-17-11-6-12-18-24/h4-21H,1-3H3. The van der Waals surface area contributed by atoms with Gasteiger partial charge in [0.05, 0.1) is 0 Å². The van der Waals surface area contributed by atoms with Crippen molar-refractivity contribution in [3.05, 3.63) is 114 Å².